The summed E-state index contributed by atoms with van der Waals surface area (Å²) in [4.78, 5) is 14.4. The van der Waals surface area contributed by atoms with Crippen LogP contribution in [0.3, 0.4) is 0 Å². The Balaban J connectivity index is 2.37. The van der Waals surface area contributed by atoms with Crippen molar-refractivity contribution in [2.24, 2.45) is 0 Å². The third kappa shape index (κ3) is 2.28. The molecule has 0 radical (unpaired) electrons. The molecule has 1 aromatic heterocycles. The molecule has 0 amide bonds. The number of H-pyrrole nitrogens is 1. The molecule has 0 bridgehead atoms. The minimum absolute atomic E-state index is 0.534. The summed E-state index contributed by atoms with van der Waals surface area (Å²) < 4.78 is 5.32. The van der Waals surface area contributed by atoms with Crippen LogP contribution in [0.4, 0.5) is 0 Å². The van der Waals surface area contributed by atoms with Crippen LogP contribution >= 0.6 is 23.2 Å². The van der Waals surface area contributed by atoms with Gasteiger partial charge in [0.25, 0.3) is 0 Å². The Hall–Kier alpha value is -1.97. The Bertz CT molecular complexity index is 840. The third-order valence-electron chi connectivity index (χ3n) is 3.40. The molecule has 0 atom stereocenters. The van der Waals surface area contributed by atoms with Gasteiger partial charge in [-0.25, -0.2) is 0 Å². The van der Waals surface area contributed by atoms with E-state index in [-0.39, 0.29) is 0 Å². The van der Waals surface area contributed by atoms with Crippen LogP contribution in [0.2, 0.25) is 10.0 Å². The van der Waals surface area contributed by atoms with E-state index in [9.17, 15) is 4.79 Å². The first-order valence-corrected chi connectivity index (χ1v) is 7.00. The smallest absolute Gasteiger partial charge is 0.152 e. The van der Waals surface area contributed by atoms with E-state index < -0.39 is 0 Å². The van der Waals surface area contributed by atoms with Crippen molar-refractivity contribution in [2.75, 3.05) is 7.11 Å². The van der Waals surface area contributed by atoms with Crippen LogP contribution in [0.25, 0.3) is 22.0 Å². The van der Waals surface area contributed by atoms with Crippen molar-refractivity contribution in [1.82, 2.24) is 4.98 Å². The minimum Gasteiger partial charge on any atom is -0.495 e. The molecule has 106 valence electrons. The Morgan fingerprint density at radius 3 is 2.57 bits per heavy atom. The number of carbonyl (C=O) groups is 1. The highest BCUT2D eigenvalue weighted by Crippen LogP contribution is 2.39. The highest BCUT2D eigenvalue weighted by Gasteiger charge is 2.15. The number of benzene rings is 2. The fourth-order valence-corrected chi connectivity index (χ4v) is 2.95. The number of aldehydes is 1. The first-order chi connectivity index (χ1) is 10.2. The maximum Gasteiger partial charge on any atom is 0.152 e. The molecular weight excluding hydrogens is 309 g/mol. The second kappa shape index (κ2) is 5.43. The van der Waals surface area contributed by atoms with Gasteiger partial charge in [-0.1, -0.05) is 29.3 Å². The second-order valence-corrected chi connectivity index (χ2v) is 5.40. The van der Waals surface area contributed by atoms with Crippen molar-refractivity contribution >= 4 is 40.4 Å². The molecular formula is C16H11Cl2NO2. The third-order valence-corrected chi connectivity index (χ3v) is 3.94. The second-order valence-electron chi connectivity index (χ2n) is 4.55. The normalized spacial score (nSPS) is 10.8. The molecule has 0 spiro atoms. The van der Waals surface area contributed by atoms with Crippen molar-refractivity contribution in [3.8, 4) is 16.9 Å². The van der Waals surface area contributed by atoms with E-state index in [0.717, 1.165) is 28.3 Å². The van der Waals surface area contributed by atoms with E-state index in [0.29, 0.717) is 21.4 Å². The molecule has 3 aromatic rings. The van der Waals surface area contributed by atoms with Crippen LogP contribution < -0.4 is 4.74 Å². The van der Waals surface area contributed by atoms with Crippen molar-refractivity contribution in [3.05, 3.63) is 52.1 Å². The summed E-state index contributed by atoms with van der Waals surface area (Å²) in [5, 5.41) is 1.89. The summed E-state index contributed by atoms with van der Waals surface area (Å²) in [5.41, 5.74) is 3.00. The summed E-state index contributed by atoms with van der Waals surface area (Å²) in [5.74, 6) is 0.673. The number of fused-ring (bicyclic) bond motifs is 1. The van der Waals surface area contributed by atoms with Gasteiger partial charge >= 0.3 is 0 Å². The summed E-state index contributed by atoms with van der Waals surface area (Å²) in [6.45, 7) is 0. The predicted molar refractivity (Wildman–Crippen MR) is 85.7 cm³/mol. The zero-order valence-electron chi connectivity index (χ0n) is 11.1. The average Bonchev–Trinajstić information content (AvgIpc) is 2.91. The van der Waals surface area contributed by atoms with Crippen LogP contribution in [-0.4, -0.2) is 18.4 Å². The maximum atomic E-state index is 11.3. The standard InChI is InChI=1S/C16H11Cl2NO2/c1-21-14-5-4-12(11-3-2-10(17)6-13(11)18)15-9(8-20)7-19-16(14)15/h2-8,19H,1H3. The molecule has 2 aromatic carbocycles. The lowest BCUT2D eigenvalue weighted by Crippen LogP contribution is -1.89. The van der Waals surface area contributed by atoms with Gasteiger partial charge < -0.3 is 9.72 Å². The van der Waals surface area contributed by atoms with Crippen molar-refractivity contribution in [1.29, 1.82) is 0 Å². The monoisotopic (exact) mass is 319 g/mol. The Morgan fingerprint density at radius 1 is 1.14 bits per heavy atom. The molecule has 0 aliphatic heterocycles. The van der Waals surface area contributed by atoms with Gasteiger partial charge in [0.2, 0.25) is 0 Å². The van der Waals surface area contributed by atoms with Gasteiger partial charge in [-0.3, -0.25) is 4.79 Å². The lowest BCUT2D eigenvalue weighted by Gasteiger charge is -2.10. The highest BCUT2D eigenvalue weighted by atomic mass is 35.5. The molecule has 0 aliphatic carbocycles. The van der Waals surface area contributed by atoms with E-state index in [4.69, 9.17) is 27.9 Å². The summed E-state index contributed by atoms with van der Waals surface area (Å²) in [7, 11) is 1.59. The number of carbonyl (C=O) groups excluding carboxylic acids is 1. The molecule has 0 saturated heterocycles. The number of halogens is 2. The van der Waals surface area contributed by atoms with Crippen LogP contribution in [0.15, 0.2) is 36.5 Å². The first-order valence-electron chi connectivity index (χ1n) is 6.24. The van der Waals surface area contributed by atoms with Gasteiger partial charge in [0.05, 0.1) is 12.6 Å². The molecule has 21 heavy (non-hydrogen) atoms. The number of nitrogens with one attached hydrogen (secondary N) is 1. The molecule has 3 rings (SSSR count). The predicted octanol–water partition coefficient (Wildman–Crippen LogP) is 4.96. The van der Waals surface area contributed by atoms with Crippen LogP contribution in [0.5, 0.6) is 5.75 Å². The quantitative estimate of drug-likeness (QED) is 0.693. The number of rotatable bonds is 3. The van der Waals surface area contributed by atoms with Gasteiger partial charge in [0.1, 0.15) is 5.75 Å². The Morgan fingerprint density at radius 2 is 1.90 bits per heavy atom. The number of methoxy groups -OCH3 is 1. The fraction of sp³-hybridized carbons (Fsp3) is 0.0625. The summed E-state index contributed by atoms with van der Waals surface area (Å²) in [6.07, 6.45) is 2.47. The number of hydrogen-bond acceptors (Lipinski definition) is 2. The number of aromatic amines is 1. The zero-order chi connectivity index (χ0) is 15.0. The Labute approximate surface area is 131 Å². The number of hydrogen-bond donors (Lipinski definition) is 1. The van der Waals surface area contributed by atoms with Gasteiger partial charge in [-0.15, -0.1) is 0 Å². The lowest BCUT2D eigenvalue weighted by molar-refractivity contribution is 0.112. The largest absolute Gasteiger partial charge is 0.495 e. The van der Waals surface area contributed by atoms with Crippen LogP contribution in [-0.2, 0) is 0 Å². The molecule has 3 nitrogen and oxygen atoms in total. The van der Waals surface area contributed by atoms with Gasteiger partial charge in [0.15, 0.2) is 6.29 Å². The van der Waals surface area contributed by atoms with Crippen molar-refractivity contribution < 1.29 is 9.53 Å². The molecule has 5 heteroatoms. The van der Waals surface area contributed by atoms with Crippen LogP contribution in [0, 0.1) is 0 Å². The van der Waals surface area contributed by atoms with Crippen LogP contribution in [0.1, 0.15) is 10.4 Å². The number of ether oxygens (including phenoxy) is 1. The average molecular weight is 320 g/mol. The van der Waals surface area contributed by atoms with Crippen molar-refractivity contribution in [2.45, 2.75) is 0 Å². The molecule has 0 aliphatic rings. The molecule has 0 fully saturated rings. The van der Waals surface area contributed by atoms with Gasteiger partial charge in [-0.05, 0) is 29.8 Å². The molecule has 1 heterocycles. The first kappa shape index (κ1) is 14.0. The topological polar surface area (TPSA) is 42.1 Å². The van der Waals surface area contributed by atoms with Crippen molar-refractivity contribution in [3.63, 3.8) is 0 Å². The van der Waals surface area contributed by atoms with Gasteiger partial charge in [-0.2, -0.15) is 0 Å². The highest BCUT2D eigenvalue weighted by molar-refractivity contribution is 6.36. The maximum absolute atomic E-state index is 11.3. The van der Waals surface area contributed by atoms with E-state index in [1.807, 2.05) is 18.2 Å². The summed E-state index contributed by atoms with van der Waals surface area (Å²) >= 11 is 12.2. The van der Waals surface area contributed by atoms with E-state index in [1.165, 1.54) is 0 Å². The fourth-order valence-electron chi connectivity index (χ4n) is 2.44. The molecule has 0 saturated carbocycles. The molecule has 1 N–H and O–H groups in total. The SMILES string of the molecule is COc1ccc(-c2ccc(Cl)cc2Cl)c2c(C=O)c[nH]c12. The molecule has 0 unspecified atom stereocenters. The Kier molecular flexibility index (Phi) is 3.62. The van der Waals surface area contributed by atoms with E-state index in [1.54, 1.807) is 25.4 Å². The van der Waals surface area contributed by atoms with E-state index in [2.05, 4.69) is 4.98 Å². The lowest BCUT2D eigenvalue weighted by atomic mass is 9.99. The zero-order valence-corrected chi connectivity index (χ0v) is 12.6. The summed E-state index contributed by atoms with van der Waals surface area (Å²) in [6, 6.07) is 9.02. The minimum atomic E-state index is 0.534. The van der Waals surface area contributed by atoms with E-state index >= 15 is 0 Å². The van der Waals surface area contributed by atoms with Gasteiger partial charge in [0, 0.05) is 32.8 Å². The number of aromatic nitrogens is 1.